The van der Waals surface area contributed by atoms with Crippen LogP contribution in [0.25, 0.3) is 0 Å². The lowest BCUT2D eigenvalue weighted by Gasteiger charge is -2.50. The minimum atomic E-state index is -0.271. The Hall–Kier alpha value is -2.66. The Labute approximate surface area is 183 Å². The fourth-order valence-corrected chi connectivity index (χ4v) is 6.86. The van der Waals surface area contributed by atoms with Crippen LogP contribution in [-0.4, -0.2) is 41.9 Å². The molecule has 1 N–H and O–H groups in total. The quantitative estimate of drug-likeness (QED) is 0.765. The number of likely N-dealkylation sites (tertiary alicyclic amines) is 1. The fourth-order valence-electron chi connectivity index (χ4n) is 6.86. The number of rotatable bonds is 2. The Balaban J connectivity index is 1.31. The molecule has 2 aromatic rings. The van der Waals surface area contributed by atoms with E-state index in [1.54, 1.807) is 0 Å². The first kappa shape index (κ1) is 19.1. The first-order chi connectivity index (χ1) is 15.2. The molecule has 6 rings (SSSR count). The molecule has 2 aromatic carbocycles. The lowest BCUT2D eigenvalue weighted by Crippen LogP contribution is -2.58. The number of benzene rings is 2. The van der Waals surface area contributed by atoms with E-state index in [1.807, 2.05) is 18.2 Å². The fraction of sp³-hybridized carbons (Fsp3) is 0.462. The van der Waals surface area contributed by atoms with E-state index in [9.17, 15) is 9.59 Å². The zero-order valence-corrected chi connectivity index (χ0v) is 17.8. The number of hydrogen-bond donors (Lipinski definition) is 1. The van der Waals surface area contributed by atoms with Crippen molar-refractivity contribution in [1.82, 2.24) is 10.2 Å². The maximum Gasteiger partial charge on any atom is 0.232 e. The van der Waals surface area contributed by atoms with Gasteiger partial charge in [-0.3, -0.25) is 19.8 Å². The second-order valence-corrected chi connectivity index (χ2v) is 9.63. The van der Waals surface area contributed by atoms with Gasteiger partial charge in [0.1, 0.15) is 0 Å². The van der Waals surface area contributed by atoms with Crippen LogP contribution in [0.5, 0.6) is 0 Å². The van der Waals surface area contributed by atoms with Gasteiger partial charge in [-0.15, -0.1) is 0 Å². The summed E-state index contributed by atoms with van der Waals surface area (Å²) < 4.78 is 0. The molecule has 31 heavy (non-hydrogen) atoms. The highest BCUT2D eigenvalue weighted by molar-refractivity contribution is 6.07. The zero-order valence-electron chi connectivity index (χ0n) is 17.8. The number of para-hydroxylation sites is 1. The number of aryl methyl sites for hydroxylation is 1. The third kappa shape index (κ3) is 2.86. The molecule has 3 atom stereocenters. The molecular weight excluding hydrogens is 386 g/mol. The maximum absolute atomic E-state index is 12.9. The molecule has 2 amide bonds. The number of imide groups is 1. The third-order valence-electron chi connectivity index (χ3n) is 8.27. The van der Waals surface area contributed by atoms with E-state index in [0.717, 1.165) is 31.6 Å². The van der Waals surface area contributed by atoms with Crippen LogP contribution >= 0.6 is 0 Å². The summed E-state index contributed by atoms with van der Waals surface area (Å²) in [7, 11) is 0. The van der Waals surface area contributed by atoms with Crippen molar-refractivity contribution in [2.24, 2.45) is 11.8 Å². The Bertz CT molecular complexity index is 1010. The molecule has 0 bridgehead atoms. The number of anilines is 1. The number of amides is 2. The molecule has 3 heterocycles. The molecular formula is C26H29N3O2. The lowest BCUT2D eigenvalue weighted by molar-refractivity contribution is -0.127. The van der Waals surface area contributed by atoms with Crippen molar-refractivity contribution in [1.29, 1.82) is 0 Å². The largest absolute Gasteiger partial charge is 0.364 e. The monoisotopic (exact) mass is 415 g/mol. The normalized spacial score (nSPS) is 29.7. The van der Waals surface area contributed by atoms with Crippen LogP contribution < -0.4 is 10.2 Å². The van der Waals surface area contributed by atoms with Gasteiger partial charge in [0.2, 0.25) is 11.8 Å². The van der Waals surface area contributed by atoms with Gasteiger partial charge < -0.3 is 4.90 Å². The second-order valence-electron chi connectivity index (χ2n) is 9.63. The molecule has 0 aromatic heterocycles. The number of carbonyl (C=O) groups excluding carboxylic acids is 2. The van der Waals surface area contributed by atoms with Crippen LogP contribution in [0.4, 0.5) is 5.69 Å². The molecule has 1 spiro atoms. The number of nitrogens with zero attached hydrogens (tertiary/aromatic N) is 2. The van der Waals surface area contributed by atoms with E-state index in [1.165, 1.54) is 30.4 Å². The van der Waals surface area contributed by atoms with Crippen LogP contribution in [0, 0.1) is 11.8 Å². The van der Waals surface area contributed by atoms with E-state index in [2.05, 4.69) is 51.5 Å². The van der Waals surface area contributed by atoms with Gasteiger partial charge in [-0.05, 0) is 55.4 Å². The number of carbonyl (C=O) groups is 2. The number of hydrogen-bond acceptors (Lipinski definition) is 4. The van der Waals surface area contributed by atoms with E-state index in [4.69, 9.17) is 0 Å². The average molecular weight is 416 g/mol. The van der Waals surface area contributed by atoms with Gasteiger partial charge in [0.05, 0.1) is 17.4 Å². The minimum Gasteiger partial charge on any atom is -0.364 e. The van der Waals surface area contributed by atoms with Crippen LogP contribution in [0.1, 0.15) is 42.9 Å². The highest BCUT2D eigenvalue weighted by Crippen LogP contribution is 2.51. The van der Waals surface area contributed by atoms with E-state index >= 15 is 0 Å². The van der Waals surface area contributed by atoms with Gasteiger partial charge in [-0.25, -0.2) is 0 Å². The van der Waals surface area contributed by atoms with Gasteiger partial charge in [-0.2, -0.15) is 0 Å². The van der Waals surface area contributed by atoms with Crippen molar-refractivity contribution in [2.75, 3.05) is 24.5 Å². The third-order valence-corrected chi connectivity index (χ3v) is 8.27. The Kier molecular flexibility index (Phi) is 4.42. The molecule has 0 radical (unpaired) electrons. The maximum atomic E-state index is 12.9. The lowest BCUT2D eigenvalue weighted by atomic mass is 9.73. The molecule has 1 aliphatic carbocycles. The molecule has 0 unspecified atom stereocenters. The van der Waals surface area contributed by atoms with Gasteiger partial charge in [0.15, 0.2) is 0 Å². The van der Waals surface area contributed by atoms with Gasteiger partial charge in [-0.1, -0.05) is 42.5 Å². The molecule has 5 heteroatoms. The van der Waals surface area contributed by atoms with Crippen LogP contribution in [0.3, 0.4) is 0 Å². The van der Waals surface area contributed by atoms with Crippen LogP contribution in [-0.2, 0) is 16.0 Å². The molecule has 4 aliphatic rings. The predicted molar refractivity (Wildman–Crippen MR) is 120 cm³/mol. The first-order valence-corrected chi connectivity index (χ1v) is 11.7. The summed E-state index contributed by atoms with van der Waals surface area (Å²) in [5.41, 5.74) is 3.84. The first-order valence-electron chi connectivity index (χ1n) is 11.7. The SMILES string of the molecule is O=C1NC(=O)[C@@H]2CN(c3ccccc3)C3(CCN([C@@H]4CCCc5ccccc54)CC3)[C@H]12. The van der Waals surface area contributed by atoms with Crippen molar-refractivity contribution in [2.45, 2.75) is 43.7 Å². The van der Waals surface area contributed by atoms with Gasteiger partial charge in [0.25, 0.3) is 0 Å². The number of nitrogens with one attached hydrogen (secondary N) is 1. The topological polar surface area (TPSA) is 52.7 Å². The van der Waals surface area contributed by atoms with E-state index in [0.29, 0.717) is 12.6 Å². The van der Waals surface area contributed by atoms with Crippen molar-refractivity contribution < 1.29 is 9.59 Å². The Morgan fingerprint density at radius 3 is 2.45 bits per heavy atom. The van der Waals surface area contributed by atoms with Gasteiger partial charge in [0, 0.05) is 31.4 Å². The van der Waals surface area contributed by atoms with E-state index in [-0.39, 0.29) is 29.2 Å². The standard InChI is InChI=1S/C26H29N3O2/c30-24-21-17-29(19-9-2-1-3-10-19)26(23(21)25(31)27-24)13-15-28(16-14-26)22-12-6-8-18-7-4-5-11-20(18)22/h1-5,7,9-11,21-23H,6,8,12-17H2,(H,27,30,31)/t21-,22-,23+/m1/s1. The smallest absolute Gasteiger partial charge is 0.232 e. The highest BCUT2D eigenvalue weighted by atomic mass is 16.2. The summed E-state index contributed by atoms with van der Waals surface area (Å²) >= 11 is 0. The summed E-state index contributed by atoms with van der Waals surface area (Å²) in [4.78, 5) is 30.5. The molecule has 3 aliphatic heterocycles. The molecule has 3 saturated heterocycles. The van der Waals surface area contributed by atoms with Crippen molar-refractivity contribution >= 4 is 17.5 Å². The highest BCUT2D eigenvalue weighted by Gasteiger charge is 2.62. The Morgan fingerprint density at radius 2 is 1.65 bits per heavy atom. The molecule has 5 nitrogen and oxygen atoms in total. The number of piperidine rings is 1. The molecule has 160 valence electrons. The minimum absolute atomic E-state index is 0.0649. The number of fused-ring (bicyclic) bond motifs is 3. The van der Waals surface area contributed by atoms with Gasteiger partial charge >= 0.3 is 0 Å². The average Bonchev–Trinajstić information content (AvgIpc) is 3.29. The summed E-state index contributed by atoms with van der Waals surface area (Å²) in [5.74, 6) is -0.614. The van der Waals surface area contributed by atoms with Crippen molar-refractivity contribution in [3.63, 3.8) is 0 Å². The summed E-state index contributed by atoms with van der Waals surface area (Å²) in [6.07, 6.45) is 5.46. The van der Waals surface area contributed by atoms with Crippen molar-refractivity contribution in [3.8, 4) is 0 Å². The second kappa shape index (κ2) is 7.20. The molecule has 3 fully saturated rings. The Morgan fingerprint density at radius 1 is 0.903 bits per heavy atom. The van der Waals surface area contributed by atoms with Crippen LogP contribution in [0.15, 0.2) is 54.6 Å². The zero-order chi connectivity index (χ0) is 21.0. The summed E-state index contributed by atoms with van der Waals surface area (Å²) in [6, 6.07) is 19.7. The van der Waals surface area contributed by atoms with Crippen LogP contribution in [0.2, 0.25) is 0 Å². The predicted octanol–water partition coefficient (Wildman–Crippen LogP) is 3.31. The van der Waals surface area contributed by atoms with E-state index < -0.39 is 0 Å². The summed E-state index contributed by atoms with van der Waals surface area (Å²) in [6.45, 7) is 2.57. The van der Waals surface area contributed by atoms with Crippen molar-refractivity contribution in [3.05, 3.63) is 65.7 Å². The summed E-state index contributed by atoms with van der Waals surface area (Å²) in [5, 5.41) is 2.63. The molecule has 0 saturated carbocycles.